The van der Waals surface area contributed by atoms with Gasteiger partial charge in [0.15, 0.2) is 17.5 Å². The standard InChI is InChI=1S/C57H33N5O2/c1-3-13-34(14-4-1)55-58-56(35-15-5-2-6-16-35)60-57(59-55)36-23-29-51-44(31-36)45-33-38(25-30-52(45)63-51)61-46-20-10-7-17-39(46)43-32-37(24-27-48(43)61)62-47-21-11-8-19-42(47)53-49(62)28-26-41-40-18-9-12-22-50(40)64-54(41)53/h1-33H. The molecule has 0 unspecified atom stereocenters. The highest BCUT2D eigenvalue weighted by molar-refractivity contribution is 6.24. The molecule has 0 aliphatic carbocycles. The second-order valence-corrected chi connectivity index (χ2v) is 16.4. The number of hydrogen-bond donors (Lipinski definition) is 0. The Labute approximate surface area is 364 Å². The Morgan fingerprint density at radius 1 is 0.297 bits per heavy atom. The first kappa shape index (κ1) is 34.9. The lowest BCUT2D eigenvalue weighted by molar-refractivity contribution is 0.669. The molecule has 0 atom stereocenters. The van der Waals surface area contributed by atoms with E-state index in [0.29, 0.717) is 17.5 Å². The molecule has 0 saturated carbocycles. The Balaban J connectivity index is 0.934. The van der Waals surface area contributed by atoms with Crippen molar-refractivity contribution < 1.29 is 8.83 Å². The molecule has 5 heterocycles. The van der Waals surface area contributed by atoms with E-state index < -0.39 is 0 Å². The normalized spacial score (nSPS) is 12.1. The minimum Gasteiger partial charge on any atom is -0.456 e. The van der Waals surface area contributed by atoms with E-state index in [1.165, 1.54) is 10.8 Å². The van der Waals surface area contributed by atoms with Gasteiger partial charge >= 0.3 is 0 Å². The quantitative estimate of drug-likeness (QED) is 0.173. The van der Waals surface area contributed by atoms with Gasteiger partial charge in [-0.25, -0.2) is 15.0 Å². The van der Waals surface area contributed by atoms with Crippen molar-refractivity contribution in [3.8, 4) is 45.5 Å². The van der Waals surface area contributed by atoms with Crippen LogP contribution in [0.4, 0.5) is 0 Å². The second kappa shape index (κ2) is 13.3. The molecule has 14 aromatic rings. The zero-order valence-corrected chi connectivity index (χ0v) is 34.1. The summed E-state index contributed by atoms with van der Waals surface area (Å²) in [7, 11) is 0. The van der Waals surface area contributed by atoms with E-state index in [9.17, 15) is 0 Å². The third-order valence-corrected chi connectivity index (χ3v) is 12.8. The highest BCUT2D eigenvalue weighted by Gasteiger charge is 2.21. The van der Waals surface area contributed by atoms with Crippen molar-refractivity contribution in [1.29, 1.82) is 0 Å². The van der Waals surface area contributed by atoms with Crippen molar-refractivity contribution in [3.63, 3.8) is 0 Å². The fourth-order valence-corrected chi connectivity index (χ4v) is 9.87. The summed E-state index contributed by atoms with van der Waals surface area (Å²) in [5.74, 6) is 1.85. The maximum Gasteiger partial charge on any atom is 0.164 e. The number of furan rings is 2. The van der Waals surface area contributed by atoms with E-state index in [1.807, 2.05) is 78.9 Å². The van der Waals surface area contributed by atoms with E-state index in [4.69, 9.17) is 23.8 Å². The summed E-state index contributed by atoms with van der Waals surface area (Å²) >= 11 is 0. The van der Waals surface area contributed by atoms with Gasteiger partial charge in [-0.3, -0.25) is 0 Å². The molecular weight excluding hydrogens is 787 g/mol. The van der Waals surface area contributed by atoms with Gasteiger partial charge in [-0.2, -0.15) is 0 Å². The Kier molecular flexibility index (Phi) is 7.27. The Hall–Kier alpha value is -8.81. The van der Waals surface area contributed by atoms with Crippen LogP contribution in [0.25, 0.3) is 133 Å². The summed E-state index contributed by atoms with van der Waals surface area (Å²) in [4.78, 5) is 14.9. The van der Waals surface area contributed by atoms with E-state index in [1.54, 1.807) is 0 Å². The smallest absolute Gasteiger partial charge is 0.164 e. The third-order valence-electron chi connectivity index (χ3n) is 12.8. The molecule has 0 aliphatic rings. The molecule has 7 heteroatoms. The van der Waals surface area contributed by atoms with Gasteiger partial charge in [-0.15, -0.1) is 0 Å². The van der Waals surface area contributed by atoms with Crippen LogP contribution in [-0.2, 0) is 0 Å². The van der Waals surface area contributed by atoms with Crippen molar-refractivity contribution in [2.24, 2.45) is 0 Å². The number of aromatic nitrogens is 5. The van der Waals surface area contributed by atoms with Crippen molar-refractivity contribution in [2.45, 2.75) is 0 Å². The topological polar surface area (TPSA) is 74.8 Å². The van der Waals surface area contributed by atoms with Crippen molar-refractivity contribution >= 4 is 87.5 Å². The number of hydrogen-bond acceptors (Lipinski definition) is 5. The summed E-state index contributed by atoms with van der Waals surface area (Å²) in [6.07, 6.45) is 0. The molecule has 298 valence electrons. The minimum absolute atomic E-state index is 0.601. The van der Waals surface area contributed by atoms with Gasteiger partial charge in [0.2, 0.25) is 0 Å². The van der Waals surface area contributed by atoms with E-state index in [0.717, 1.165) is 105 Å². The lowest BCUT2D eigenvalue weighted by Gasteiger charge is -2.10. The molecule has 5 aromatic heterocycles. The molecule has 0 fully saturated rings. The minimum atomic E-state index is 0.601. The average Bonchev–Trinajstić information content (AvgIpc) is 4.11. The first-order chi connectivity index (χ1) is 31.7. The first-order valence-corrected chi connectivity index (χ1v) is 21.4. The first-order valence-electron chi connectivity index (χ1n) is 21.4. The predicted octanol–water partition coefficient (Wildman–Crippen LogP) is 14.9. The van der Waals surface area contributed by atoms with E-state index in [2.05, 4.69) is 130 Å². The predicted molar refractivity (Wildman–Crippen MR) is 259 cm³/mol. The Morgan fingerprint density at radius 2 is 0.797 bits per heavy atom. The van der Waals surface area contributed by atoms with Crippen LogP contribution < -0.4 is 0 Å². The summed E-state index contributed by atoms with van der Waals surface area (Å²) < 4.78 is 17.8. The maximum atomic E-state index is 6.59. The van der Waals surface area contributed by atoms with Crippen LogP contribution in [0.3, 0.4) is 0 Å². The Morgan fingerprint density at radius 3 is 1.53 bits per heavy atom. The fourth-order valence-electron chi connectivity index (χ4n) is 9.87. The van der Waals surface area contributed by atoms with Gasteiger partial charge in [-0.1, -0.05) is 115 Å². The summed E-state index contributed by atoms with van der Waals surface area (Å²) in [6, 6.07) is 69.7. The van der Waals surface area contributed by atoms with Gasteiger partial charge < -0.3 is 18.0 Å². The van der Waals surface area contributed by atoms with Gasteiger partial charge in [0.1, 0.15) is 22.3 Å². The average molecular weight is 820 g/mol. The molecule has 0 saturated heterocycles. The number of nitrogens with zero attached hydrogens (tertiary/aromatic N) is 5. The molecule has 64 heavy (non-hydrogen) atoms. The Bertz CT molecular complexity index is 4140. The summed E-state index contributed by atoms with van der Waals surface area (Å²) in [6.45, 7) is 0. The second-order valence-electron chi connectivity index (χ2n) is 16.4. The monoisotopic (exact) mass is 819 g/mol. The van der Waals surface area contributed by atoms with Crippen LogP contribution in [0.5, 0.6) is 0 Å². The molecule has 0 radical (unpaired) electrons. The number of para-hydroxylation sites is 3. The third kappa shape index (κ3) is 5.12. The van der Waals surface area contributed by atoms with Gasteiger partial charge in [-0.05, 0) is 84.9 Å². The number of fused-ring (bicyclic) bond motifs is 13. The summed E-state index contributed by atoms with van der Waals surface area (Å²) in [5.41, 5.74) is 12.8. The van der Waals surface area contributed by atoms with E-state index >= 15 is 0 Å². The molecule has 0 spiro atoms. The van der Waals surface area contributed by atoms with E-state index in [-0.39, 0.29) is 0 Å². The number of benzene rings is 9. The van der Waals surface area contributed by atoms with Crippen LogP contribution in [0.1, 0.15) is 0 Å². The molecule has 0 bridgehead atoms. The van der Waals surface area contributed by atoms with Crippen molar-refractivity contribution in [1.82, 2.24) is 24.1 Å². The van der Waals surface area contributed by atoms with Crippen LogP contribution in [0.15, 0.2) is 209 Å². The number of rotatable bonds is 5. The van der Waals surface area contributed by atoms with Crippen LogP contribution in [-0.4, -0.2) is 24.1 Å². The maximum absolute atomic E-state index is 6.59. The zero-order chi connectivity index (χ0) is 41.9. The van der Waals surface area contributed by atoms with Crippen LogP contribution in [0, 0.1) is 0 Å². The van der Waals surface area contributed by atoms with Crippen LogP contribution >= 0.6 is 0 Å². The van der Waals surface area contributed by atoms with Crippen LogP contribution in [0.2, 0.25) is 0 Å². The summed E-state index contributed by atoms with van der Waals surface area (Å²) in [5, 5.41) is 8.90. The lowest BCUT2D eigenvalue weighted by Crippen LogP contribution is -2.00. The molecule has 0 amide bonds. The molecule has 7 nitrogen and oxygen atoms in total. The molecule has 14 rings (SSSR count). The van der Waals surface area contributed by atoms with Gasteiger partial charge in [0.25, 0.3) is 0 Å². The highest BCUT2D eigenvalue weighted by Crippen LogP contribution is 2.42. The van der Waals surface area contributed by atoms with Crippen molar-refractivity contribution in [3.05, 3.63) is 200 Å². The zero-order valence-electron chi connectivity index (χ0n) is 34.1. The lowest BCUT2D eigenvalue weighted by atomic mass is 10.1. The largest absolute Gasteiger partial charge is 0.456 e. The molecular formula is C57H33N5O2. The SMILES string of the molecule is c1ccc(-c2nc(-c3ccccc3)nc(-c3ccc4oc5ccc(-n6c7ccccc7c7cc(-n8c9ccccc9c9c%10oc%11ccccc%11c%10ccc98)ccc76)cc5c4c3)n2)cc1. The van der Waals surface area contributed by atoms with Crippen molar-refractivity contribution in [2.75, 3.05) is 0 Å². The van der Waals surface area contributed by atoms with Gasteiger partial charge in [0.05, 0.1) is 27.5 Å². The molecule has 0 N–H and O–H groups in total. The fraction of sp³-hybridized carbons (Fsp3) is 0. The molecule has 9 aromatic carbocycles. The van der Waals surface area contributed by atoms with Gasteiger partial charge in [0, 0.05) is 65.8 Å². The molecule has 0 aliphatic heterocycles. The highest BCUT2D eigenvalue weighted by atomic mass is 16.3.